The van der Waals surface area contributed by atoms with Crippen molar-refractivity contribution in [3.05, 3.63) is 35.2 Å². The molecule has 0 atom stereocenters. The molecule has 66 valence electrons. The van der Waals surface area contributed by atoms with E-state index in [4.69, 9.17) is 0 Å². The summed E-state index contributed by atoms with van der Waals surface area (Å²) in [6.07, 6.45) is 5.36. The largest absolute Gasteiger partial charge is 0.268 e. The van der Waals surface area contributed by atoms with E-state index in [1.807, 2.05) is 30.1 Å². The fourth-order valence-corrected chi connectivity index (χ4v) is 1.57. The summed E-state index contributed by atoms with van der Waals surface area (Å²) in [5, 5.41) is 4.10. The zero-order valence-electron chi connectivity index (χ0n) is 7.11. The third-order valence-corrected chi connectivity index (χ3v) is 2.26. The van der Waals surface area contributed by atoms with Gasteiger partial charge in [0.15, 0.2) is 0 Å². The number of nitrogens with zero attached hydrogens (tertiary/aromatic N) is 3. The quantitative estimate of drug-likeness (QED) is 0.762. The molecule has 2 aromatic rings. The highest BCUT2D eigenvalue weighted by molar-refractivity contribution is 9.10. The van der Waals surface area contributed by atoms with E-state index in [0.29, 0.717) is 0 Å². The summed E-state index contributed by atoms with van der Waals surface area (Å²) in [5.74, 6) is 0. The van der Waals surface area contributed by atoms with Crippen molar-refractivity contribution in [2.45, 2.75) is 0 Å². The third kappa shape index (κ3) is 1.62. The highest BCUT2D eigenvalue weighted by atomic mass is 79.9. The van der Waals surface area contributed by atoms with Gasteiger partial charge in [-0.15, -0.1) is 0 Å². The van der Waals surface area contributed by atoms with E-state index in [1.54, 1.807) is 12.4 Å². The lowest BCUT2D eigenvalue weighted by molar-refractivity contribution is 0.775. The van der Waals surface area contributed by atoms with Crippen LogP contribution in [0.2, 0.25) is 0 Å². The van der Waals surface area contributed by atoms with Gasteiger partial charge in [-0.25, -0.2) is 0 Å². The van der Waals surface area contributed by atoms with Gasteiger partial charge in [-0.1, -0.05) is 0 Å². The molecule has 0 N–H and O–H groups in total. The van der Waals surface area contributed by atoms with E-state index >= 15 is 0 Å². The molecule has 0 amide bonds. The molecule has 0 spiro atoms. The van der Waals surface area contributed by atoms with Gasteiger partial charge in [-0.2, -0.15) is 5.10 Å². The van der Waals surface area contributed by atoms with Crippen LogP contribution in [0.25, 0.3) is 11.3 Å². The molecule has 2 heterocycles. The maximum Gasteiger partial charge on any atom is 0.0694 e. The molecule has 13 heavy (non-hydrogen) atoms. The maximum absolute atomic E-state index is 4.10. The minimum Gasteiger partial charge on any atom is -0.268 e. The summed E-state index contributed by atoms with van der Waals surface area (Å²) in [4.78, 5) is 4.09. The summed E-state index contributed by atoms with van der Waals surface area (Å²) >= 11 is 3.38. The van der Waals surface area contributed by atoms with Gasteiger partial charge in [0.1, 0.15) is 0 Å². The van der Waals surface area contributed by atoms with Crippen molar-refractivity contribution in [3.8, 4) is 11.3 Å². The lowest BCUT2D eigenvalue weighted by atomic mass is 10.2. The molecular formula is C9H8BrN3. The first-order valence-corrected chi connectivity index (χ1v) is 4.65. The standard InChI is InChI=1S/C9H8BrN3/c1-13-9(2-3-12-13)7-4-8(10)6-11-5-7/h2-6H,1H3. The molecule has 3 nitrogen and oxygen atoms in total. The number of aromatic nitrogens is 3. The van der Waals surface area contributed by atoms with Crippen LogP contribution in [-0.4, -0.2) is 14.8 Å². The van der Waals surface area contributed by atoms with Crippen molar-refractivity contribution in [1.82, 2.24) is 14.8 Å². The molecule has 0 fully saturated rings. The van der Waals surface area contributed by atoms with Crippen LogP contribution in [0.5, 0.6) is 0 Å². The molecule has 0 aliphatic rings. The fraction of sp³-hybridized carbons (Fsp3) is 0.111. The molecule has 2 aromatic heterocycles. The first-order valence-electron chi connectivity index (χ1n) is 3.86. The van der Waals surface area contributed by atoms with Crippen molar-refractivity contribution >= 4 is 15.9 Å². The van der Waals surface area contributed by atoms with Gasteiger partial charge in [0.2, 0.25) is 0 Å². The zero-order valence-corrected chi connectivity index (χ0v) is 8.69. The van der Waals surface area contributed by atoms with Gasteiger partial charge in [0.05, 0.1) is 5.69 Å². The summed E-state index contributed by atoms with van der Waals surface area (Å²) in [6.45, 7) is 0. The molecule has 4 heteroatoms. The van der Waals surface area contributed by atoms with Crippen molar-refractivity contribution < 1.29 is 0 Å². The summed E-state index contributed by atoms with van der Waals surface area (Å²) < 4.78 is 2.80. The van der Waals surface area contributed by atoms with Crippen molar-refractivity contribution in [3.63, 3.8) is 0 Å². The van der Waals surface area contributed by atoms with Gasteiger partial charge < -0.3 is 0 Å². The Kier molecular flexibility index (Phi) is 2.14. The smallest absolute Gasteiger partial charge is 0.0694 e. The van der Waals surface area contributed by atoms with E-state index in [1.165, 1.54) is 0 Å². The highest BCUT2D eigenvalue weighted by Gasteiger charge is 2.02. The van der Waals surface area contributed by atoms with Crippen LogP contribution in [-0.2, 0) is 7.05 Å². The van der Waals surface area contributed by atoms with Gasteiger partial charge in [0, 0.05) is 35.7 Å². The van der Waals surface area contributed by atoms with E-state index in [9.17, 15) is 0 Å². The van der Waals surface area contributed by atoms with Crippen LogP contribution in [0, 0.1) is 0 Å². The number of hydrogen-bond donors (Lipinski definition) is 0. The van der Waals surface area contributed by atoms with Gasteiger partial charge in [-0.3, -0.25) is 9.67 Å². The third-order valence-electron chi connectivity index (χ3n) is 1.82. The first-order chi connectivity index (χ1) is 6.27. The Morgan fingerprint density at radius 2 is 2.23 bits per heavy atom. The molecule has 0 saturated carbocycles. The molecule has 0 aromatic carbocycles. The topological polar surface area (TPSA) is 30.7 Å². The lowest BCUT2D eigenvalue weighted by Crippen LogP contribution is -1.93. The Bertz CT molecular complexity index is 422. The Morgan fingerprint density at radius 3 is 2.85 bits per heavy atom. The molecule has 0 radical (unpaired) electrons. The molecule has 2 rings (SSSR count). The molecule has 0 saturated heterocycles. The summed E-state index contributed by atoms with van der Waals surface area (Å²) in [7, 11) is 1.91. The SMILES string of the molecule is Cn1nccc1-c1cncc(Br)c1. The normalized spacial score (nSPS) is 10.3. The Balaban J connectivity index is 2.53. The average molecular weight is 238 g/mol. The van der Waals surface area contributed by atoms with Crippen LogP contribution in [0.15, 0.2) is 35.2 Å². The second-order valence-corrected chi connectivity index (χ2v) is 3.65. The second-order valence-electron chi connectivity index (χ2n) is 2.73. The monoisotopic (exact) mass is 237 g/mol. The minimum absolute atomic E-state index is 0.978. The summed E-state index contributed by atoms with van der Waals surface area (Å²) in [5.41, 5.74) is 2.13. The van der Waals surface area contributed by atoms with E-state index in [0.717, 1.165) is 15.7 Å². The average Bonchev–Trinajstić information content (AvgIpc) is 2.51. The number of hydrogen-bond acceptors (Lipinski definition) is 2. The molecule has 0 bridgehead atoms. The van der Waals surface area contributed by atoms with Crippen LogP contribution in [0.1, 0.15) is 0 Å². The van der Waals surface area contributed by atoms with E-state index < -0.39 is 0 Å². The Labute approximate surface area is 84.5 Å². The fourth-order valence-electron chi connectivity index (χ4n) is 1.21. The Morgan fingerprint density at radius 1 is 1.38 bits per heavy atom. The lowest BCUT2D eigenvalue weighted by Gasteiger charge is -2.00. The van der Waals surface area contributed by atoms with Crippen molar-refractivity contribution in [1.29, 1.82) is 0 Å². The van der Waals surface area contributed by atoms with E-state index in [2.05, 4.69) is 26.0 Å². The van der Waals surface area contributed by atoms with Gasteiger partial charge >= 0.3 is 0 Å². The number of aryl methyl sites for hydroxylation is 1. The molecule has 0 aliphatic carbocycles. The zero-order chi connectivity index (χ0) is 9.26. The van der Waals surface area contributed by atoms with Crippen LogP contribution in [0.4, 0.5) is 0 Å². The number of rotatable bonds is 1. The predicted octanol–water partition coefficient (Wildman–Crippen LogP) is 2.24. The predicted molar refractivity (Wildman–Crippen MR) is 54.1 cm³/mol. The Hall–Kier alpha value is -1.16. The molecular weight excluding hydrogens is 230 g/mol. The maximum atomic E-state index is 4.10. The van der Waals surface area contributed by atoms with Crippen LogP contribution in [0.3, 0.4) is 0 Å². The number of halogens is 1. The minimum atomic E-state index is 0.978. The van der Waals surface area contributed by atoms with Gasteiger partial charge in [0.25, 0.3) is 0 Å². The number of pyridine rings is 1. The molecule has 0 unspecified atom stereocenters. The van der Waals surface area contributed by atoms with E-state index in [-0.39, 0.29) is 0 Å². The van der Waals surface area contributed by atoms with Crippen LogP contribution < -0.4 is 0 Å². The van der Waals surface area contributed by atoms with Crippen LogP contribution >= 0.6 is 15.9 Å². The van der Waals surface area contributed by atoms with Crippen molar-refractivity contribution in [2.24, 2.45) is 7.05 Å². The summed E-state index contributed by atoms with van der Waals surface area (Å²) in [6, 6.07) is 3.98. The van der Waals surface area contributed by atoms with Crippen molar-refractivity contribution in [2.75, 3.05) is 0 Å². The van der Waals surface area contributed by atoms with Gasteiger partial charge in [-0.05, 0) is 28.1 Å². The first kappa shape index (κ1) is 8.44. The molecule has 0 aliphatic heterocycles. The highest BCUT2D eigenvalue weighted by Crippen LogP contribution is 2.20. The second kappa shape index (κ2) is 3.30.